The van der Waals surface area contributed by atoms with E-state index in [2.05, 4.69) is 12.2 Å². The molecule has 0 bridgehead atoms. The normalized spacial score (nSPS) is 13.4. The SMILES string of the molecule is Cc1ccc(NC(=S)C(F)(F)C(F)(F)C(F)(F)C(F)F)cc1. The second-order valence-corrected chi connectivity index (χ2v) is 4.80. The van der Waals surface area contributed by atoms with Crippen molar-refractivity contribution in [2.75, 3.05) is 5.32 Å². The van der Waals surface area contributed by atoms with Crippen LogP contribution in [-0.2, 0) is 0 Å². The van der Waals surface area contributed by atoms with Crippen molar-refractivity contribution in [3.63, 3.8) is 0 Å². The molecule has 124 valence electrons. The van der Waals surface area contributed by atoms with E-state index in [1.165, 1.54) is 24.3 Å². The number of thiocarbonyl (C=S) groups is 1. The number of hydrogen-bond donors (Lipinski definition) is 1. The minimum Gasteiger partial charge on any atom is -0.345 e. The van der Waals surface area contributed by atoms with Crippen LogP contribution < -0.4 is 5.32 Å². The van der Waals surface area contributed by atoms with Gasteiger partial charge in [-0.05, 0) is 19.1 Å². The highest BCUT2D eigenvalue weighted by atomic mass is 32.1. The number of anilines is 1. The van der Waals surface area contributed by atoms with Crippen LogP contribution in [0.25, 0.3) is 0 Å². The number of benzene rings is 1. The molecule has 0 amide bonds. The van der Waals surface area contributed by atoms with Crippen molar-refractivity contribution >= 4 is 22.9 Å². The summed E-state index contributed by atoms with van der Waals surface area (Å²) in [6.45, 7) is 1.65. The molecular weight excluding hydrogens is 342 g/mol. The summed E-state index contributed by atoms with van der Waals surface area (Å²) >= 11 is 3.99. The van der Waals surface area contributed by atoms with Crippen LogP contribution in [0.5, 0.6) is 0 Å². The Hall–Kier alpha value is -1.45. The third-order valence-corrected chi connectivity index (χ3v) is 3.04. The van der Waals surface area contributed by atoms with Crippen molar-refractivity contribution < 1.29 is 35.1 Å². The van der Waals surface area contributed by atoms with Gasteiger partial charge in [0.1, 0.15) is 0 Å². The number of hydrogen-bond acceptors (Lipinski definition) is 1. The average molecular weight is 351 g/mol. The first-order valence-corrected chi connectivity index (χ1v) is 6.04. The molecule has 0 spiro atoms. The van der Waals surface area contributed by atoms with Gasteiger partial charge in [0.2, 0.25) is 0 Å². The third kappa shape index (κ3) is 3.16. The number of nitrogens with one attached hydrogen (secondary N) is 1. The van der Waals surface area contributed by atoms with Gasteiger partial charge in [0, 0.05) is 5.69 Å². The van der Waals surface area contributed by atoms with Crippen molar-refractivity contribution in [2.45, 2.75) is 31.1 Å². The van der Waals surface area contributed by atoms with E-state index in [1.807, 2.05) is 0 Å². The summed E-state index contributed by atoms with van der Waals surface area (Å²) in [6.07, 6.45) is -4.98. The topological polar surface area (TPSA) is 12.0 Å². The zero-order valence-corrected chi connectivity index (χ0v) is 11.6. The summed E-state index contributed by atoms with van der Waals surface area (Å²) in [5.74, 6) is -18.3. The lowest BCUT2D eigenvalue weighted by atomic mass is 10.0. The molecule has 1 nitrogen and oxygen atoms in total. The molecule has 0 saturated carbocycles. The first-order chi connectivity index (χ1) is 9.84. The summed E-state index contributed by atoms with van der Waals surface area (Å²) < 4.78 is 102. The number of rotatable bonds is 5. The van der Waals surface area contributed by atoms with Crippen molar-refractivity contribution in [3.8, 4) is 0 Å². The predicted molar refractivity (Wildman–Crippen MR) is 68.2 cm³/mol. The summed E-state index contributed by atoms with van der Waals surface area (Å²) in [4.78, 5) is -1.98. The zero-order valence-electron chi connectivity index (χ0n) is 10.8. The van der Waals surface area contributed by atoms with Gasteiger partial charge in [0.05, 0.1) is 0 Å². The van der Waals surface area contributed by atoms with Gasteiger partial charge in [0.25, 0.3) is 0 Å². The van der Waals surface area contributed by atoms with Crippen LogP contribution in [0.3, 0.4) is 0 Å². The molecular formula is C12H9F8NS. The highest BCUT2D eigenvalue weighted by molar-refractivity contribution is 7.80. The monoisotopic (exact) mass is 351 g/mol. The minimum atomic E-state index is -6.36. The number of halogens is 8. The summed E-state index contributed by atoms with van der Waals surface area (Å²) in [7, 11) is 0. The smallest absolute Gasteiger partial charge is 0.345 e. The molecule has 0 aliphatic heterocycles. The van der Waals surface area contributed by atoms with Gasteiger partial charge in [-0.15, -0.1) is 0 Å². The molecule has 22 heavy (non-hydrogen) atoms. The van der Waals surface area contributed by atoms with E-state index < -0.39 is 29.2 Å². The van der Waals surface area contributed by atoms with Crippen LogP contribution in [0.4, 0.5) is 40.8 Å². The average Bonchev–Trinajstić information content (AvgIpc) is 2.40. The van der Waals surface area contributed by atoms with Crippen LogP contribution >= 0.6 is 12.2 Å². The van der Waals surface area contributed by atoms with Gasteiger partial charge in [-0.25, -0.2) is 8.78 Å². The third-order valence-electron chi connectivity index (χ3n) is 2.68. The van der Waals surface area contributed by atoms with Crippen molar-refractivity contribution in [1.82, 2.24) is 0 Å². The second-order valence-electron chi connectivity index (χ2n) is 4.39. The lowest BCUT2D eigenvalue weighted by molar-refractivity contribution is -0.318. The molecule has 0 aromatic heterocycles. The maximum Gasteiger partial charge on any atom is 0.384 e. The van der Waals surface area contributed by atoms with Crippen molar-refractivity contribution in [2.24, 2.45) is 0 Å². The zero-order chi connectivity index (χ0) is 17.3. The molecule has 1 aromatic rings. The highest BCUT2D eigenvalue weighted by Gasteiger charge is 2.76. The molecule has 0 radical (unpaired) electrons. The van der Waals surface area contributed by atoms with Crippen LogP contribution in [-0.4, -0.2) is 29.2 Å². The standard InChI is InChI=1S/C12H9F8NS/c1-6-2-4-7(5-3-6)21-9(22)11(17,18)12(19,20)10(15,16)8(13)14/h2-5,8H,1H3,(H,21,22). The maximum atomic E-state index is 13.4. The fraction of sp³-hybridized carbons (Fsp3) is 0.417. The van der Waals surface area contributed by atoms with E-state index in [9.17, 15) is 35.1 Å². The molecule has 10 heteroatoms. The molecule has 1 aromatic carbocycles. The largest absolute Gasteiger partial charge is 0.384 e. The van der Waals surface area contributed by atoms with Gasteiger partial charge in [-0.1, -0.05) is 29.9 Å². The van der Waals surface area contributed by atoms with Gasteiger partial charge in [-0.2, -0.15) is 26.3 Å². The Morgan fingerprint density at radius 2 is 1.45 bits per heavy atom. The van der Waals surface area contributed by atoms with E-state index in [1.54, 1.807) is 12.2 Å². The highest BCUT2D eigenvalue weighted by Crippen LogP contribution is 2.49. The van der Waals surface area contributed by atoms with Gasteiger partial charge < -0.3 is 5.32 Å². The van der Waals surface area contributed by atoms with E-state index in [-0.39, 0.29) is 5.69 Å². The quantitative estimate of drug-likeness (QED) is 0.598. The molecule has 0 aliphatic carbocycles. The van der Waals surface area contributed by atoms with Crippen LogP contribution in [0.1, 0.15) is 5.56 Å². The Morgan fingerprint density at radius 3 is 1.86 bits per heavy atom. The molecule has 0 aliphatic rings. The van der Waals surface area contributed by atoms with Crippen LogP contribution in [0.15, 0.2) is 24.3 Å². The Morgan fingerprint density at radius 1 is 1.00 bits per heavy atom. The van der Waals surface area contributed by atoms with E-state index in [4.69, 9.17) is 0 Å². The molecule has 0 fully saturated rings. The molecule has 1 rings (SSSR count). The minimum absolute atomic E-state index is 0.175. The maximum absolute atomic E-state index is 13.4. The van der Waals surface area contributed by atoms with E-state index >= 15 is 0 Å². The molecule has 0 atom stereocenters. The summed E-state index contributed by atoms with van der Waals surface area (Å²) in [5, 5.41) is 1.65. The molecule has 0 saturated heterocycles. The Kier molecular flexibility index (Phi) is 5.05. The van der Waals surface area contributed by atoms with E-state index in [0.717, 1.165) is 0 Å². The Labute approximate surface area is 125 Å². The van der Waals surface area contributed by atoms with Crippen molar-refractivity contribution in [1.29, 1.82) is 0 Å². The van der Waals surface area contributed by atoms with Crippen molar-refractivity contribution in [3.05, 3.63) is 29.8 Å². The Balaban J connectivity index is 3.06. The van der Waals surface area contributed by atoms with Gasteiger partial charge >= 0.3 is 24.2 Å². The number of aryl methyl sites for hydroxylation is 1. The summed E-state index contributed by atoms with van der Waals surface area (Å²) in [5.41, 5.74) is 0.532. The van der Waals surface area contributed by atoms with Crippen LogP contribution in [0.2, 0.25) is 0 Å². The summed E-state index contributed by atoms with van der Waals surface area (Å²) in [6, 6.07) is 5.19. The lowest BCUT2D eigenvalue weighted by Gasteiger charge is -2.32. The Bertz CT molecular complexity index is 541. The molecule has 0 unspecified atom stereocenters. The fourth-order valence-electron chi connectivity index (χ4n) is 1.34. The first-order valence-electron chi connectivity index (χ1n) is 5.63. The molecule has 0 heterocycles. The first kappa shape index (κ1) is 18.6. The van der Waals surface area contributed by atoms with Gasteiger partial charge in [-0.3, -0.25) is 0 Å². The molecule has 1 N–H and O–H groups in total. The van der Waals surface area contributed by atoms with Gasteiger partial charge in [0.15, 0.2) is 4.99 Å². The van der Waals surface area contributed by atoms with E-state index in [0.29, 0.717) is 5.56 Å². The predicted octanol–water partition coefficient (Wildman–Crippen LogP) is 4.91. The fourth-order valence-corrected chi connectivity index (χ4v) is 1.58. The number of alkyl halides is 8. The lowest BCUT2D eigenvalue weighted by Crippen LogP contribution is -2.61. The van der Waals surface area contributed by atoms with Crippen LogP contribution in [0, 0.1) is 6.92 Å². The second kappa shape index (κ2) is 5.98.